The molecule has 8 nitrogen and oxygen atoms in total. The van der Waals surface area contributed by atoms with Crippen LogP contribution in [-0.2, 0) is 19.6 Å². The van der Waals surface area contributed by atoms with Gasteiger partial charge in [-0.05, 0) is 49.2 Å². The van der Waals surface area contributed by atoms with E-state index in [-0.39, 0.29) is 21.9 Å². The first-order valence-electron chi connectivity index (χ1n) is 9.33. The van der Waals surface area contributed by atoms with Crippen LogP contribution in [0.1, 0.15) is 29.6 Å². The maximum absolute atomic E-state index is 12.8. The fraction of sp³-hybridized carbons (Fsp3) is 0.300. The van der Waals surface area contributed by atoms with Crippen LogP contribution in [0.3, 0.4) is 0 Å². The average Bonchev–Trinajstić information content (AvgIpc) is 2.74. The molecule has 1 fully saturated rings. The zero-order chi connectivity index (χ0) is 21.7. The predicted molar refractivity (Wildman–Crippen MR) is 114 cm³/mol. The fourth-order valence-electron chi connectivity index (χ4n) is 3.07. The topological polar surface area (TPSA) is 113 Å². The highest BCUT2D eigenvalue weighted by Crippen LogP contribution is 2.24. The molecule has 1 aliphatic heterocycles. The molecule has 0 atom stereocenters. The maximum Gasteiger partial charge on any atom is 0.342 e. The number of carbonyl (C=O) groups is 2. The van der Waals surface area contributed by atoms with E-state index in [1.807, 2.05) is 0 Å². The molecule has 160 valence electrons. The Bertz CT molecular complexity index is 1050. The Balaban J connectivity index is 1.62. The van der Waals surface area contributed by atoms with E-state index in [4.69, 9.17) is 4.74 Å². The highest BCUT2D eigenvalue weighted by molar-refractivity contribution is 9.10. The number of ether oxygens (including phenoxy) is 1. The summed E-state index contributed by atoms with van der Waals surface area (Å²) in [6, 6.07) is 10.2. The number of hydrogen-bond acceptors (Lipinski definition) is 6. The lowest BCUT2D eigenvalue weighted by atomic mass is 10.2. The molecule has 0 saturated carbocycles. The summed E-state index contributed by atoms with van der Waals surface area (Å²) in [7, 11) is -3.63. The van der Waals surface area contributed by atoms with Crippen molar-refractivity contribution in [2.24, 2.45) is 0 Å². The number of amides is 1. The molecule has 1 aliphatic rings. The number of sulfonamides is 1. The van der Waals surface area contributed by atoms with Crippen molar-refractivity contribution in [2.45, 2.75) is 24.2 Å². The second-order valence-corrected chi connectivity index (χ2v) is 9.63. The summed E-state index contributed by atoms with van der Waals surface area (Å²) in [6.07, 6.45) is 2.67. The fourth-order valence-corrected chi connectivity index (χ4v) is 4.99. The number of halogens is 1. The van der Waals surface area contributed by atoms with Crippen molar-refractivity contribution in [3.05, 3.63) is 52.5 Å². The van der Waals surface area contributed by atoms with Gasteiger partial charge in [-0.25, -0.2) is 13.2 Å². The summed E-state index contributed by atoms with van der Waals surface area (Å²) in [5, 5.41) is 12.3. The Morgan fingerprint density at radius 2 is 1.83 bits per heavy atom. The van der Waals surface area contributed by atoms with Crippen LogP contribution in [0.15, 0.2) is 51.8 Å². The number of rotatable bonds is 6. The summed E-state index contributed by atoms with van der Waals surface area (Å²) < 4.78 is 32.5. The first kappa shape index (κ1) is 22.3. The number of esters is 1. The normalized spacial score (nSPS) is 14.8. The first-order valence-corrected chi connectivity index (χ1v) is 11.6. The Hall–Kier alpha value is -2.43. The third-order valence-electron chi connectivity index (χ3n) is 4.58. The highest BCUT2D eigenvalue weighted by atomic mass is 79.9. The van der Waals surface area contributed by atoms with E-state index in [9.17, 15) is 23.1 Å². The lowest BCUT2D eigenvalue weighted by Crippen LogP contribution is -2.35. The second kappa shape index (κ2) is 9.59. The van der Waals surface area contributed by atoms with Gasteiger partial charge < -0.3 is 15.2 Å². The SMILES string of the molecule is O=C(COC(=O)c1cc(Br)ccc1O)Nc1cccc(S(=O)(=O)N2CCCCC2)c1. The Morgan fingerprint density at radius 3 is 2.57 bits per heavy atom. The summed E-state index contributed by atoms with van der Waals surface area (Å²) >= 11 is 3.19. The summed E-state index contributed by atoms with van der Waals surface area (Å²) in [4.78, 5) is 24.3. The van der Waals surface area contributed by atoms with Gasteiger partial charge in [0.25, 0.3) is 5.91 Å². The van der Waals surface area contributed by atoms with Crippen molar-refractivity contribution in [2.75, 3.05) is 25.0 Å². The largest absolute Gasteiger partial charge is 0.507 e. The Morgan fingerprint density at radius 1 is 1.10 bits per heavy atom. The molecular formula is C20H21BrN2O6S. The Labute approximate surface area is 183 Å². The minimum absolute atomic E-state index is 0.0770. The zero-order valence-electron chi connectivity index (χ0n) is 16.0. The molecule has 2 aromatic rings. The number of anilines is 1. The van der Waals surface area contributed by atoms with E-state index in [1.165, 1.54) is 34.6 Å². The van der Waals surface area contributed by atoms with Crippen molar-refractivity contribution in [1.82, 2.24) is 4.31 Å². The van der Waals surface area contributed by atoms with Crippen LogP contribution in [0.5, 0.6) is 5.75 Å². The molecule has 3 rings (SSSR count). The molecule has 0 spiro atoms. The Kier molecular flexibility index (Phi) is 7.11. The van der Waals surface area contributed by atoms with Gasteiger partial charge in [0.05, 0.1) is 4.90 Å². The summed E-state index contributed by atoms with van der Waals surface area (Å²) in [5.74, 6) is -1.75. The number of phenols is 1. The molecule has 1 heterocycles. The average molecular weight is 497 g/mol. The van der Waals surface area contributed by atoms with Gasteiger partial charge in [0, 0.05) is 23.2 Å². The highest BCUT2D eigenvalue weighted by Gasteiger charge is 2.26. The zero-order valence-corrected chi connectivity index (χ0v) is 18.4. The van der Waals surface area contributed by atoms with E-state index in [2.05, 4.69) is 21.2 Å². The molecule has 10 heteroatoms. The van der Waals surface area contributed by atoms with Gasteiger partial charge in [-0.1, -0.05) is 28.4 Å². The quantitative estimate of drug-likeness (QED) is 0.593. The van der Waals surface area contributed by atoms with Crippen molar-refractivity contribution < 1.29 is 27.9 Å². The monoisotopic (exact) mass is 496 g/mol. The molecule has 2 aromatic carbocycles. The molecule has 0 bridgehead atoms. The molecule has 1 amide bonds. The van der Waals surface area contributed by atoms with Crippen molar-refractivity contribution in [3.8, 4) is 5.75 Å². The number of aromatic hydroxyl groups is 1. The minimum atomic E-state index is -3.63. The number of nitrogens with zero attached hydrogens (tertiary/aromatic N) is 1. The lowest BCUT2D eigenvalue weighted by Gasteiger charge is -2.26. The van der Waals surface area contributed by atoms with Gasteiger partial charge >= 0.3 is 5.97 Å². The number of hydrogen-bond donors (Lipinski definition) is 2. The van der Waals surface area contributed by atoms with Crippen molar-refractivity contribution >= 4 is 43.5 Å². The standard InChI is InChI=1S/C20H21BrN2O6S/c21-14-7-8-18(24)17(11-14)20(26)29-13-19(25)22-15-5-4-6-16(12-15)30(27,28)23-9-2-1-3-10-23/h4-8,11-12,24H,1-3,9-10,13H2,(H,22,25). The van der Waals surface area contributed by atoms with Crippen LogP contribution in [0.4, 0.5) is 5.69 Å². The molecule has 2 N–H and O–H groups in total. The van der Waals surface area contributed by atoms with E-state index in [0.717, 1.165) is 19.3 Å². The van der Waals surface area contributed by atoms with Gasteiger partial charge in [0.2, 0.25) is 10.0 Å². The van der Waals surface area contributed by atoms with E-state index in [1.54, 1.807) is 12.1 Å². The van der Waals surface area contributed by atoms with Gasteiger partial charge in [-0.3, -0.25) is 4.79 Å². The molecule has 0 radical (unpaired) electrons. The summed E-state index contributed by atoms with van der Waals surface area (Å²) in [6.45, 7) is 0.378. The summed E-state index contributed by atoms with van der Waals surface area (Å²) in [5.41, 5.74) is 0.200. The first-order chi connectivity index (χ1) is 14.3. The van der Waals surface area contributed by atoms with Crippen LogP contribution in [-0.4, -0.2) is 49.4 Å². The predicted octanol–water partition coefficient (Wildman–Crippen LogP) is 3.12. The second-order valence-electron chi connectivity index (χ2n) is 6.78. The van der Waals surface area contributed by atoms with Gasteiger partial charge in [-0.15, -0.1) is 0 Å². The van der Waals surface area contributed by atoms with Crippen molar-refractivity contribution in [1.29, 1.82) is 0 Å². The maximum atomic E-state index is 12.8. The van der Waals surface area contributed by atoms with Crippen molar-refractivity contribution in [3.63, 3.8) is 0 Å². The molecule has 1 saturated heterocycles. The van der Waals surface area contributed by atoms with Crippen LogP contribution in [0.2, 0.25) is 0 Å². The number of carbonyl (C=O) groups excluding carboxylic acids is 2. The molecule has 30 heavy (non-hydrogen) atoms. The smallest absolute Gasteiger partial charge is 0.342 e. The lowest BCUT2D eigenvalue weighted by molar-refractivity contribution is -0.119. The van der Waals surface area contributed by atoms with Gasteiger partial charge in [0.1, 0.15) is 11.3 Å². The van der Waals surface area contributed by atoms with E-state index in [0.29, 0.717) is 17.6 Å². The van der Waals surface area contributed by atoms with Gasteiger partial charge in [-0.2, -0.15) is 4.31 Å². The molecule has 0 aliphatic carbocycles. The molecular weight excluding hydrogens is 476 g/mol. The minimum Gasteiger partial charge on any atom is -0.507 e. The third kappa shape index (κ3) is 5.38. The van der Waals surface area contributed by atoms with E-state index < -0.39 is 28.5 Å². The van der Waals surface area contributed by atoms with Gasteiger partial charge in [0.15, 0.2) is 6.61 Å². The third-order valence-corrected chi connectivity index (χ3v) is 6.97. The van der Waals surface area contributed by atoms with Crippen LogP contribution < -0.4 is 5.32 Å². The molecule has 0 unspecified atom stereocenters. The van der Waals surface area contributed by atoms with E-state index >= 15 is 0 Å². The number of benzene rings is 2. The molecule has 0 aromatic heterocycles. The van der Waals surface area contributed by atoms with Crippen LogP contribution >= 0.6 is 15.9 Å². The van der Waals surface area contributed by atoms with Crippen LogP contribution in [0, 0.1) is 0 Å². The number of piperidine rings is 1. The number of phenolic OH excluding ortho intramolecular Hbond substituents is 1. The number of nitrogens with one attached hydrogen (secondary N) is 1. The van der Waals surface area contributed by atoms with Crippen LogP contribution in [0.25, 0.3) is 0 Å².